The van der Waals surface area contributed by atoms with Gasteiger partial charge in [0.05, 0.1) is 11.6 Å². The standard InChI is InChI=1S/C22H27N3/c1-24(2)16-18-10-12-19(13-11-18)22-9-5-6-14-25(22)17-21-8-4-3-7-20(21)15-23/h3-4,7-8,10-13,22H,5-6,9,14,16-17H2,1-2H3/t22-/m0/s1. The van der Waals surface area contributed by atoms with Gasteiger partial charge in [-0.2, -0.15) is 5.26 Å². The zero-order chi connectivity index (χ0) is 17.6. The van der Waals surface area contributed by atoms with Crippen LogP contribution in [0, 0.1) is 11.3 Å². The summed E-state index contributed by atoms with van der Waals surface area (Å²) in [7, 11) is 4.20. The Morgan fingerprint density at radius 2 is 1.84 bits per heavy atom. The van der Waals surface area contributed by atoms with Crippen LogP contribution >= 0.6 is 0 Å². The van der Waals surface area contributed by atoms with Crippen LogP contribution in [0.1, 0.15) is 47.6 Å². The lowest BCUT2D eigenvalue weighted by molar-refractivity contribution is 0.140. The minimum Gasteiger partial charge on any atom is -0.305 e. The molecule has 0 spiro atoms. The summed E-state index contributed by atoms with van der Waals surface area (Å²) in [4.78, 5) is 4.74. The fraction of sp³-hybridized carbons (Fsp3) is 0.409. The average molecular weight is 333 g/mol. The van der Waals surface area contributed by atoms with E-state index in [1.54, 1.807) is 0 Å². The predicted octanol–water partition coefficient (Wildman–Crippen LogP) is 4.35. The molecular formula is C22H27N3. The summed E-state index contributed by atoms with van der Waals surface area (Å²) in [6.45, 7) is 2.93. The lowest BCUT2D eigenvalue weighted by Gasteiger charge is -2.36. The summed E-state index contributed by atoms with van der Waals surface area (Å²) in [5, 5.41) is 9.36. The Kier molecular flexibility index (Phi) is 5.86. The van der Waals surface area contributed by atoms with Crippen molar-refractivity contribution in [3.63, 3.8) is 0 Å². The second-order valence-electron chi connectivity index (χ2n) is 7.23. The van der Waals surface area contributed by atoms with Crippen molar-refractivity contribution in [2.75, 3.05) is 20.6 Å². The summed E-state index contributed by atoms with van der Waals surface area (Å²) >= 11 is 0. The predicted molar refractivity (Wildman–Crippen MR) is 102 cm³/mol. The molecule has 1 fully saturated rings. The second-order valence-corrected chi connectivity index (χ2v) is 7.23. The topological polar surface area (TPSA) is 30.3 Å². The number of hydrogen-bond acceptors (Lipinski definition) is 3. The molecule has 2 aromatic carbocycles. The molecule has 1 atom stereocenters. The van der Waals surface area contributed by atoms with Crippen LogP contribution in [-0.4, -0.2) is 30.4 Å². The molecular weight excluding hydrogens is 306 g/mol. The quantitative estimate of drug-likeness (QED) is 0.815. The van der Waals surface area contributed by atoms with Crippen molar-refractivity contribution in [2.24, 2.45) is 0 Å². The molecule has 2 aromatic rings. The van der Waals surface area contributed by atoms with E-state index in [1.165, 1.54) is 30.4 Å². The Balaban J connectivity index is 1.78. The van der Waals surface area contributed by atoms with E-state index >= 15 is 0 Å². The van der Waals surface area contributed by atoms with Crippen molar-refractivity contribution in [2.45, 2.75) is 38.4 Å². The molecule has 1 aliphatic rings. The maximum atomic E-state index is 9.36. The molecule has 3 heteroatoms. The molecule has 1 heterocycles. The van der Waals surface area contributed by atoms with Crippen LogP contribution in [0.15, 0.2) is 48.5 Å². The van der Waals surface area contributed by atoms with Crippen LogP contribution in [0.25, 0.3) is 0 Å². The molecule has 3 nitrogen and oxygen atoms in total. The maximum absolute atomic E-state index is 9.36. The first-order valence-corrected chi connectivity index (χ1v) is 9.13. The van der Waals surface area contributed by atoms with E-state index in [-0.39, 0.29) is 0 Å². The third kappa shape index (κ3) is 4.48. The molecule has 0 bridgehead atoms. The molecule has 0 aromatic heterocycles. The molecule has 25 heavy (non-hydrogen) atoms. The Hall–Kier alpha value is -2.15. The Morgan fingerprint density at radius 3 is 2.56 bits per heavy atom. The van der Waals surface area contributed by atoms with E-state index in [9.17, 15) is 5.26 Å². The van der Waals surface area contributed by atoms with Gasteiger partial charge in [-0.05, 0) is 56.2 Å². The normalized spacial score (nSPS) is 18.2. The summed E-state index contributed by atoms with van der Waals surface area (Å²) in [6, 6.07) is 19.9. The van der Waals surface area contributed by atoms with Crippen molar-refractivity contribution in [3.05, 3.63) is 70.8 Å². The maximum Gasteiger partial charge on any atom is 0.0995 e. The number of nitriles is 1. The van der Waals surface area contributed by atoms with Gasteiger partial charge in [-0.3, -0.25) is 4.90 Å². The molecule has 1 saturated heterocycles. The number of benzene rings is 2. The second kappa shape index (κ2) is 8.29. The first-order valence-electron chi connectivity index (χ1n) is 9.13. The van der Waals surface area contributed by atoms with Crippen molar-refractivity contribution in [3.8, 4) is 6.07 Å². The molecule has 1 aliphatic heterocycles. The molecule has 0 aliphatic carbocycles. The van der Waals surface area contributed by atoms with Crippen molar-refractivity contribution in [1.29, 1.82) is 5.26 Å². The number of nitrogens with zero attached hydrogens (tertiary/aromatic N) is 3. The summed E-state index contributed by atoms with van der Waals surface area (Å²) in [5.41, 5.74) is 4.69. The first-order chi connectivity index (χ1) is 12.2. The third-order valence-corrected chi connectivity index (χ3v) is 4.99. The third-order valence-electron chi connectivity index (χ3n) is 4.99. The SMILES string of the molecule is CN(C)Cc1ccc([C@@H]2CCCCN2Cc2ccccc2C#N)cc1. The Labute approximate surface area is 151 Å². The van der Waals surface area contributed by atoms with E-state index in [0.29, 0.717) is 6.04 Å². The van der Waals surface area contributed by atoms with Crippen molar-refractivity contribution in [1.82, 2.24) is 9.80 Å². The minimum absolute atomic E-state index is 0.453. The van der Waals surface area contributed by atoms with Gasteiger partial charge in [0.2, 0.25) is 0 Å². The van der Waals surface area contributed by atoms with Gasteiger partial charge in [0.25, 0.3) is 0 Å². The molecule has 0 N–H and O–H groups in total. The lowest BCUT2D eigenvalue weighted by Crippen LogP contribution is -2.33. The highest BCUT2D eigenvalue weighted by Gasteiger charge is 2.24. The van der Waals surface area contributed by atoms with Crippen molar-refractivity contribution < 1.29 is 0 Å². The van der Waals surface area contributed by atoms with E-state index < -0.39 is 0 Å². The molecule has 0 radical (unpaired) electrons. The fourth-order valence-corrected chi connectivity index (χ4v) is 3.75. The van der Waals surface area contributed by atoms with E-state index in [4.69, 9.17) is 0 Å². The van der Waals surface area contributed by atoms with Crippen LogP contribution in [0.2, 0.25) is 0 Å². The van der Waals surface area contributed by atoms with Gasteiger partial charge < -0.3 is 4.90 Å². The van der Waals surface area contributed by atoms with E-state index in [1.807, 2.05) is 18.2 Å². The first kappa shape index (κ1) is 17.7. The highest BCUT2D eigenvalue weighted by Crippen LogP contribution is 2.32. The fourth-order valence-electron chi connectivity index (χ4n) is 3.75. The van der Waals surface area contributed by atoms with Crippen LogP contribution in [0.4, 0.5) is 0 Å². The van der Waals surface area contributed by atoms with Gasteiger partial charge in [0.1, 0.15) is 0 Å². The van der Waals surface area contributed by atoms with Crippen LogP contribution in [0.5, 0.6) is 0 Å². The van der Waals surface area contributed by atoms with Gasteiger partial charge in [-0.1, -0.05) is 48.9 Å². The van der Waals surface area contributed by atoms with Crippen LogP contribution in [-0.2, 0) is 13.1 Å². The summed E-state index contributed by atoms with van der Waals surface area (Å²) in [6.07, 6.45) is 3.71. The number of piperidine rings is 1. The van der Waals surface area contributed by atoms with Gasteiger partial charge in [0.15, 0.2) is 0 Å². The van der Waals surface area contributed by atoms with Crippen molar-refractivity contribution >= 4 is 0 Å². The van der Waals surface area contributed by atoms with Crippen LogP contribution < -0.4 is 0 Å². The minimum atomic E-state index is 0.453. The molecule has 0 unspecified atom stereocenters. The van der Waals surface area contributed by atoms with E-state index in [2.05, 4.69) is 60.3 Å². The van der Waals surface area contributed by atoms with Crippen LogP contribution in [0.3, 0.4) is 0 Å². The van der Waals surface area contributed by atoms with Gasteiger partial charge in [-0.15, -0.1) is 0 Å². The number of hydrogen-bond donors (Lipinski definition) is 0. The Bertz CT molecular complexity index is 728. The molecule has 0 saturated carbocycles. The van der Waals surface area contributed by atoms with E-state index in [0.717, 1.165) is 30.8 Å². The molecule has 3 rings (SSSR count). The smallest absolute Gasteiger partial charge is 0.0995 e. The highest BCUT2D eigenvalue weighted by molar-refractivity contribution is 5.37. The number of rotatable bonds is 5. The molecule has 0 amide bonds. The van der Waals surface area contributed by atoms with Gasteiger partial charge in [0, 0.05) is 19.1 Å². The average Bonchev–Trinajstić information content (AvgIpc) is 2.63. The van der Waals surface area contributed by atoms with Gasteiger partial charge >= 0.3 is 0 Å². The number of likely N-dealkylation sites (tertiary alicyclic amines) is 1. The summed E-state index contributed by atoms with van der Waals surface area (Å²) in [5.74, 6) is 0. The molecule has 130 valence electrons. The Morgan fingerprint density at radius 1 is 1.08 bits per heavy atom. The van der Waals surface area contributed by atoms with Gasteiger partial charge in [-0.25, -0.2) is 0 Å². The zero-order valence-corrected chi connectivity index (χ0v) is 15.3. The zero-order valence-electron chi connectivity index (χ0n) is 15.3. The largest absolute Gasteiger partial charge is 0.305 e. The highest BCUT2D eigenvalue weighted by atomic mass is 15.2. The lowest BCUT2D eigenvalue weighted by atomic mass is 9.93. The monoisotopic (exact) mass is 333 g/mol. The summed E-state index contributed by atoms with van der Waals surface area (Å²) < 4.78 is 0.